The first-order valence-electron chi connectivity index (χ1n) is 7.33. The van der Waals surface area contributed by atoms with Crippen LogP contribution in [0.4, 0.5) is 5.13 Å². The number of rotatable bonds is 7. The van der Waals surface area contributed by atoms with Gasteiger partial charge in [0.15, 0.2) is 5.13 Å². The fourth-order valence-corrected chi connectivity index (χ4v) is 2.62. The van der Waals surface area contributed by atoms with E-state index in [0.29, 0.717) is 11.6 Å². The Bertz CT molecular complexity index is 654. The summed E-state index contributed by atoms with van der Waals surface area (Å²) in [6.07, 6.45) is 0.886. The van der Waals surface area contributed by atoms with E-state index in [1.54, 1.807) is 5.38 Å². The molecule has 1 heterocycles. The maximum Gasteiger partial charge on any atom is 0.271 e. The van der Waals surface area contributed by atoms with Crippen LogP contribution in [0.15, 0.2) is 35.7 Å². The van der Waals surface area contributed by atoms with Gasteiger partial charge >= 0.3 is 0 Å². The SMILES string of the molecule is CCC(CO)NC(=O)c1csc(NC(=O)Cc2ccccc2)n1. The molecular formula is C16H19N3O3S. The van der Waals surface area contributed by atoms with Crippen LogP contribution in [0.2, 0.25) is 0 Å². The Labute approximate surface area is 138 Å². The summed E-state index contributed by atoms with van der Waals surface area (Å²) in [5.74, 6) is -0.537. The minimum atomic E-state index is -0.356. The Morgan fingerprint density at radius 2 is 2.04 bits per heavy atom. The molecule has 2 rings (SSSR count). The van der Waals surface area contributed by atoms with Gasteiger partial charge in [-0.15, -0.1) is 11.3 Å². The van der Waals surface area contributed by atoms with Crippen molar-refractivity contribution in [1.82, 2.24) is 10.3 Å². The zero-order chi connectivity index (χ0) is 16.7. The first-order valence-corrected chi connectivity index (χ1v) is 8.21. The van der Waals surface area contributed by atoms with Crippen molar-refractivity contribution in [2.24, 2.45) is 0 Å². The molecule has 0 bridgehead atoms. The van der Waals surface area contributed by atoms with E-state index in [0.717, 1.165) is 5.56 Å². The van der Waals surface area contributed by atoms with Gasteiger partial charge in [0.25, 0.3) is 5.91 Å². The van der Waals surface area contributed by atoms with E-state index in [1.165, 1.54) is 11.3 Å². The van der Waals surface area contributed by atoms with E-state index >= 15 is 0 Å². The average Bonchev–Trinajstić information content (AvgIpc) is 3.01. The van der Waals surface area contributed by atoms with E-state index in [-0.39, 0.29) is 36.6 Å². The predicted molar refractivity (Wildman–Crippen MR) is 89.5 cm³/mol. The second kappa shape index (κ2) is 8.40. The molecule has 0 aliphatic heterocycles. The van der Waals surface area contributed by atoms with Gasteiger partial charge in [-0.25, -0.2) is 4.98 Å². The van der Waals surface area contributed by atoms with Crippen LogP contribution in [0.25, 0.3) is 0 Å². The van der Waals surface area contributed by atoms with Crippen molar-refractivity contribution in [3.8, 4) is 0 Å². The van der Waals surface area contributed by atoms with Crippen molar-refractivity contribution in [1.29, 1.82) is 0 Å². The fourth-order valence-electron chi connectivity index (χ4n) is 1.92. The zero-order valence-electron chi connectivity index (χ0n) is 12.8. The van der Waals surface area contributed by atoms with Gasteiger partial charge < -0.3 is 15.7 Å². The van der Waals surface area contributed by atoms with Crippen LogP contribution in [-0.4, -0.2) is 34.6 Å². The molecule has 2 aromatic rings. The number of aliphatic hydroxyl groups excluding tert-OH is 1. The number of thiazole rings is 1. The monoisotopic (exact) mass is 333 g/mol. The summed E-state index contributed by atoms with van der Waals surface area (Å²) in [6.45, 7) is 1.75. The van der Waals surface area contributed by atoms with Gasteiger partial charge in [0.05, 0.1) is 19.1 Å². The first-order chi connectivity index (χ1) is 11.1. The molecule has 0 radical (unpaired) electrons. The summed E-state index contributed by atoms with van der Waals surface area (Å²) in [6, 6.07) is 9.10. The van der Waals surface area contributed by atoms with Gasteiger partial charge in [-0.05, 0) is 12.0 Å². The molecule has 122 valence electrons. The van der Waals surface area contributed by atoms with E-state index in [2.05, 4.69) is 15.6 Å². The first kappa shape index (κ1) is 17.1. The number of aromatic nitrogens is 1. The Balaban J connectivity index is 1.91. The number of aliphatic hydroxyl groups is 1. The van der Waals surface area contributed by atoms with E-state index in [4.69, 9.17) is 5.11 Å². The molecule has 0 spiro atoms. The third-order valence-corrected chi connectivity index (χ3v) is 4.00. The molecule has 1 atom stereocenters. The van der Waals surface area contributed by atoms with Gasteiger partial charge in [0.2, 0.25) is 5.91 Å². The van der Waals surface area contributed by atoms with Crippen LogP contribution in [0.5, 0.6) is 0 Å². The fraction of sp³-hybridized carbons (Fsp3) is 0.312. The van der Waals surface area contributed by atoms with Gasteiger partial charge in [-0.3, -0.25) is 9.59 Å². The molecule has 0 fully saturated rings. The van der Waals surface area contributed by atoms with Gasteiger partial charge in [0.1, 0.15) is 5.69 Å². The van der Waals surface area contributed by atoms with E-state index in [1.807, 2.05) is 37.3 Å². The highest BCUT2D eigenvalue weighted by Gasteiger charge is 2.15. The number of anilines is 1. The van der Waals surface area contributed by atoms with Crippen molar-refractivity contribution in [2.75, 3.05) is 11.9 Å². The molecule has 0 saturated carbocycles. The standard InChI is InChI=1S/C16H19N3O3S/c1-2-12(9-20)17-15(22)13-10-23-16(18-13)19-14(21)8-11-6-4-3-5-7-11/h3-7,10,12,20H,2,8-9H2,1H3,(H,17,22)(H,18,19,21). The Morgan fingerprint density at radius 3 is 2.70 bits per heavy atom. The van der Waals surface area contributed by atoms with Crippen LogP contribution in [0, 0.1) is 0 Å². The third-order valence-electron chi connectivity index (χ3n) is 3.24. The Hall–Kier alpha value is -2.25. The summed E-state index contributed by atoms with van der Waals surface area (Å²) < 4.78 is 0. The highest BCUT2D eigenvalue weighted by atomic mass is 32.1. The molecular weight excluding hydrogens is 314 g/mol. The second-order valence-electron chi connectivity index (χ2n) is 5.01. The average molecular weight is 333 g/mol. The van der Waals surface area contributed by atoms with Crippen molar-refractivity contribution < 1.29 is 14.7 Å². The Kier molecular flexibility index (Phi) is 6.25. The van der Waals surface area contributed by atoms with E-state index in [9.17, 15) is 9.59 Å². The molecule has 0 aliphatic carbocycles. The molecule has 3 N–H and O–H groups in total. The topological polar surface area (TPSA) is 91.3 Å². The number of amides is 2. The highest BCUT2D eigenvalue weighted by molar-refractivity contribution is 7.14. The van der Waals surface area contributed by atoms with Crippen molar-refractivity contribution in [2.45, 2.75) is 25.8 Å². The predicted octanol–water partition coefficient (Wildman–Crippen LogP) is 1.83. The number of nitrogens with zero attached hydrogens (tertiary/aromatic N) is 1. The van der Waals surface area contributed by atoms with E-state index < -0.39 is 0 Å². The summed E-state index contributed by atoms with van der Waals surface area (Å²) in [4.78, 5) is 28.0. The van der Waals surface area contributed by atoms with Crippen LogP contribution in [0.3, 0.4) is 0 Å². The molecule has 0 saturated heterocycles. The quantitative estimate of drug-likeness (QED) is 0.721. The lowest BCUT2D eigenvalue weighted by atomic mass is 10.1. The molecule has 23 heavy (non-hydrogen) atoms. The largest absolute Gasteiger partial charge is 0.394 e. The minimum Gasteiger partial charge on any atom is -0.394 e. The van der Waals surface area contributed by atoms with Crippen molar-refractivity contribution in [3.05, 3.63) is 47.0 Å². The summed E-state index contributed by atoms with van der Waals surface area (Å²) in [7, 11) is 0. The van der Waals surface area contributed by atoms with Crippen LogP contribution < -0.4 is 10.6 Å². The molecule has 1 unspecified atom stereocenters. The van der Waals surface area contributed by atoms with Crippen LogP contribution in [0.1, 0.15) is 29.4 Å². The van der Waals surface area contributed by atoms with Crippen molar-refractivity contribution >= 4 is 28.3 Å². The third kappa shape index (κ3) is 5.15. The van der Waals surface area contributed by atoms with Crippen molar-refractivity contribution in [3.63, 3.8) is 0 Å². The molecule has 6 nitrogen and oxygen atoms in total. The van der Waals surface area contributed by atoms with Crippen LogP contribution in [-0.2, 0) is 11.2 Å². The molecule has 7 heteroatoms. The molecule has 0 aliphatic rings. The lowest BCUT2D eigenvalue weighted by Gasteiger charge is -2.12. The number of carbonyl (C=O) groups excluding carboxylic acids is 2. The smallest absolute Gasteiger partial charge is 0.271 e. The lowest BCUT2D eigenvalue weighted by molar-refractivity contribution is -0.115. The van der Waals surface area contributed by atoms with Gasteiger partial charge in [0, 0.05) is 5.38 Å². The number of hydrogen-bond donors (Lipinski definition) is 3. The molecule has 1 aromatic carbocycles. The second-order valence-corrected chi connectivity index (χ2v) is 5.87. The lowest BCUT2D eigenvalue weighted by Crippen LogP contribution is -2.37. The molecule has 1 aromatic heterocycles. The number of carbonyl (C=O) groups is 2. The maximum absolute atomic E-state index is 12.0. The number of hydrogen-bond acceptors (Lipinski definition) is 5. The van der Waals surface area contributed by atoms with Crippen LogP contribution >= 0.6 is 11.3 Å². The zero-order valence-corrected chi connectivity index (χ0v) is 13.6. The Morgan fingerprint density at radius 1 is 1.30 bits per heavy atom. The van der Waals surface area contributed by atoms with Gasteiger partial charge in [-0.2, -0.15) is 0 Å². The summed E-state index contributed by atoms with van der Waals surface area (Å²) in [5.41, 5.74) is 1.14. The molecule has 2 amide bonds. The summed E-state index contributed by atoms with van der Waals surface area (Å²) >= 11 is 1.19. The number of benzene rings is 1. The minimum absolute atomic E-state index is 0.118. The van der Waals surface area contributed by atoms with Gasteiger partial charge in [-0.1, -0.05) is 37.3 Å². The maximum atomic E-state index is 12.0. The highest BCUT2D eigenvalue weighted by Crippen LogP contribution is 2.16. The summed E-state index contributed by atoms with van der Waals surface area (Å²) in [5, 5.41) is 16.4. The number of nitrogens with one attached hydrogen (secondary N) is 2. The normalized spacial score (nSPS) is 11.7.